The summed E-state index contributed by atoms with van der Waals surface area (Å²) in [7, 11) is -2.00. The fraction of sp³-hybridized carbons (Fsp3) is 0.333. The lowest BCUT2D eigenvalue weighted by Gasteiger charge is -2.34. The number of hydrogen-bond donors (Lipinski definition) is 1. The van der Waals surface area contributed by atoms with Gasteiger partial charge in [-0.15, -0.1) is 0 Å². The minimum atomic E-state index is -3.54. The van der Waals surface area contributed by atoms with Crippen LogP contribution in [0.3, 0.4) is 0 Å². The molecule has 10 heteroatoms. The van der Waals surface area contributed by atoms with Crippen LogP contribution in [0.2, 0.25) is 5.15 Å². The molecular formula is C15H18ClN5O3S. The van der Waals surface area contributed by atoms with E-state index in [0.29, 0.717) is 37.7 Å². The van der Waals surface area contributed by atoms with E-state index < -0.39 is 10.0 Å². The van der Waals surface area contributed by atoms with Gasteiger partial charge in [0.25, 0.3) is 0 Å². The molecule has 1 saturated heterocycles. The van der Waals surface area contributed by atoms with Gasteiger partial charge in [0, 0.05) is 32.2 Å². The number of benzene rings is 1. The van der Waals surface area contributed by atoms with Crippen molar-refractivity contribution < 1.29 is 13.2 Å². The number of ether oxygens (including phenoxy) is 1. The predicted octanol–water partition coefficient (Wildman–Crippen LogP) is 1.23. The van der Waals surface area contributed by atoms with Gasteiger partial charge in [0.05, 0.1) is 12.0 Å². The highest BCUT2D eigenvalue weighted by atomic mass is 35.5. The predicted molar refractivity (Wildman–Crippen MR) is 95.4 cm³/mol. The van der Waals surface area contributed by atoms with Crippen molar-refractivity contribution in [3.8, 4) is 5.75 Å². The van der Waals surface area contributed by atoms with Crippen molar-refractivity contribution in [3.05, 3.63) is 35.5 Å². The number of aromatic nitrogens is 2. The molecule has 0 atom stereocenters. The van der Waals surface area contributed by atoms with Gasteiger partial charge in [0.1, 0.15) is 16.7 Å². The first-order chi connectivity index (χ1) is 11.9. The molecule has 0 saturated carbocycles. The molecule has 1 aromatic heterocycles. The topological polar surface area (TPSA) is 102 Å². The zero-order chi connectivity index (χ0) is 18.0. The third kappa shape index (κ3) is 3.78. The number of nitrogens with zero attached hydrogens (tertiary/aromatic N) is 4. The van der Waals surface area contributed by atoms with Gasteiger partial charge in [-0.1, -0.05) is 11.6 Å². The van der Waals surface area contributed by atoms with E-state index in [2.05, 4.69) is 9.97 Å². The Hall–Kier alpha value is -2.10. The lowest BCUT2D eigenvalue weighted by Crippen LogP contribution is -2.49. The molecular weight excluding hydrogens is 366 g/mol. The number of sulfonamides is 1. The Morgan fingerprint density at radius 1 is 1.12 bits per heavy atom. The summed E-state index contributed by atoms with van der Waals surface area (Å²) in [6, 6.07) is 7.98. The Bertz CT molecular complexity index is 832. The number of methoxy groups -OCH3 is 1. The standard InChI is InChI=1S/C15H18ClN5O3S/c1-24-11-2-4-12(5-3-11)25(22,23)21-8-6-20(7-9-21)14-10-13(16)18-15(17)19-14/h2-5,10H,6-9H2,1H3,(H2,17,18,19). The number of halogens is 1. The van der Waals surface area contributed by atoms with Crippen LogP contribution in [0, 0.1) is 0 Å². The second-order valence-electron chi connectivity index (χ2n) is 5.47. The third-order valence-electron chi connectivity index (χ3n) is 3.96. The maximum absolute atomic E-state index is 12.7. The lowest BCUT2D eigenvalue weighted by molar-refractivity contribution is 0.383. The summed E-state index contributed by atoms with van der Waals surface area (Å²) >= 11 is 5.90. The Balaban J connectivity index is 1.72. The highest BCUT2D eigenvalue weighted by molar-refractivity contribution is 7.89. The van der Waals surface area contributed by atoms with Crippen LogP contribution in [0.4, 0.5) is 11.8 Å². The van der Waals surface area contributed by atoms with Crippen molar-refractivity contribution in [2.24, 2.45) is 0 Å². The average Bonchev–Trinajstić information content (AvgIpc) is 2.61. The first-order valence-corrected chi connectivity index (χ1v) is 9.41. The van der Waals surface area contributed by atoms with E-state index in [9.17, 15) is 8.42 Å². The molecule has 0 unspecified atom stereocenters. The Morgan fingerprint density at radius 3 is 2.32 bits per heavy atom. The highest BCUT2D eigenvalue weighted by Crippen LogP contribution is 2.23. The molecule has 8 nitrogen and oxygen atoms in total. The van der Waals surface area contributed by atoms with Crippen molar-refractivity contribution in [1.29, 1.82) is 0 Å². The van der Waals surface area contributed by atoms with Crippen LogP contribution in [0.25, 0.3) is 0 Å². The molecule has 1 aliphatic heterocycles. The third-order valence-corrected chi connectivity index (χ3v) is 6.06. The number of piperazine rings is 1. The van der Waals surface area contributed by atoms with Crippen LogP contribution in [0.15, 0.2) is 35.2 Å². The molecule has 2 aromatic rings. The van der Waals surface area contributed by atoms with Crippen LogP contribution in [-0.2, 0) is 10.0 Å². The number of anilines is 2. The highest BCUT2D eigenvalue weighted by Gasteiger charge is 2.29. The van der Waals surface area contributed by atoms with Gasteiger partial charge in [-0.05, 0) is 24.3 Å². The summed E-state index contributed by atoms with van der Waals surface area (Å²) in [5.74, 6) is 1.30. The van der Waals surface area contributed by atoms with Gasteiger partial charge < -0.3 is 15.4 Å². The van der Waals surface area contributed by atoms with Crippen molar-refractivity contribution in [3.63, 3.8) is 0 Å². The number of nitrogens with two attached hydrogens (primary N) is 1. The second kappa shape index (κ2) is 7.03. The summed E-state index contributed by atoms with van der Waals surface area (Å²) in [4.78, 5) is 10.2. The summed E-state index contributed by atoms with van der Waals surface area (Å²) < 4.78 is 32.0. The van der Waals surface area contributed by atoms with Gasteiger partial charge >= 0.3 is 0 Å². The SMILES string of the molecule is COc1ccc(S(=O)(=O)N2CCN(c3cc(Cl)nc(N)n3)CC2)cc1. The molecule has 0 spiro atoms. The molecule has 1 aliphatic rings. The molecule has 2 N–H and O–H groups in total. The number of nitrogen functional groups attached to an aromatic ring is 1. The van der Waals surface area contributed by atoms with Crippen LogP contribution >= 0.6 is 11.6 Å². The molecule has 1 aromatic carbocycles. The largest absolute Gasteiger partial charge is 0.497 e. The molecule has 0 bridgehead atoms. The maximum atomic E-state index is 12.7. The average molecular weight is 384 g/mol. The van der Waals surface area contributed by atoms with Gasteiger partial charge in [-0.3, -0.25) is 0 Å². The monoisotopic (exact) mass is 383 g/mol. The zero-order valence-electron chi connectivity index (χ0n) is 13.6. The quantitative estimate of drug-likeness (QED) is 0.792. The minimum Gasteiger partial charge on any atom is -0.497 e. The van der Waals surface area contributed by atoms with E-state index in [0.717, 1.165) is 0 Å². The summed E-state index contributed by atoms with van der Waals surface area (Å²) in [5, 5.41) is 0.260. The Kier molecular flexibility index (Phi) is 4.98. The first-order valence-electron chi connectivity index (χ1n) is 7.59. The van der Waals surface area contributed by atoms with Crippen molar-refractivity contribution in [1.82, 2.24) is 14.3 Å². The second-order valence-corrected chi connectivity index (χ2v) is 7.80. The molecule has 134 valence electrons. The van der Waals surface area contributed by atoms with Crippen molar-refractivity contribution in [2.75, 3.05) is 43.9 Å². The molecule has 0 amide bonds. The normalized spacial score (nSPS) is 16.0. The van der Waals surface area contributed by atoms with E-state index in [-0.39, 0.29) is 16.0 Å². The molecule has 0 radical (unpaired) electrons. The Labute approximate surface area is 151 Å². The molecule has 0 aliphatic carbocycles. The van der Waals surface area contributed by atoms with E-state index in [1.54, 1.807) is 30.3 Å². The Morgan fingerprint density at radius 2 is 1.76 bits per heavy atom. The van der Waals surface area contributed by atoms with Crippen molar-refractivity contribution >= 4 is 33.4 Å². The van der Waals surface area contributed by atoms with Crippen molar-refractivity contribution in [2.45, 2.75) is 4.90 Å². The van der Waals surface area contributed by atoms with Crippen LogP contribution in [0.5, 0.6) is 5.75 Å². The van der Waals surface area contributed by atoms with Gasteiger partial charge in [-0.2, -0.15) is 9.29 Å². The van der Waals surface area contributed by atoms with Gasteiger partial charge in [0.2, 0.25) is 16.0 Å². The zero-order valence-corrected chi connectivity index (χ0v) is 15.2. The van der Waals surface area contributed by atoms with E-state index >= 15 is 0 Å². The molecule has 1 fully saturated rings. The molecule has 25 heavy (non-hydrogen) atoms. The molecule has 3 rings (SSSR count). The van der Waals surface area contributed by atoms with E-state index in [1.165, 1.54) is 11.4 Å². The van der Waals surface area contributed by atoms with Crippen LogP contribution in [-0.4, -0.2) is 56.0 Å². The first kappa shape index (κ1) is 17.7. The van der Waals surface area contributed by atoms with E-state index in [1.807, 2.05) is 4.90 Å². The smallest absolute Gasteiger partial charge is 0.243 e. The summed E-state index contributed by atoms with van der Waals surface area (Å²) in [6.45, 7) is 1.66. The fourth-order valence-corrected chi connectivity index (χ4v) is 4.25. The lowest BCUT2D eigenvalue weighted by atomic mass is 10.3. The summed E-state index contributed by atoms with van der Waals surface area (Å²) in [6.07, 6.45) is 0. The van der Waals surface area contributed by atoms with Gasteiger partial charge in [-0.25, -0.2) is 13.4 Å². The van der Waals surface area contributed by atoms with E-state index in [4.69, 9.17) is 22.1 Å². The number of hydrogen-bond acceptors (Lipinski definition) is 7. The summed E-state index contributed by atoms with van der Waals surface area (Å²) in [5.41, 5.74) is 5.61. The molecule has 2 heterocycles. The van der Waals surface area contributed by atoms with Gasteiger partial charge in [0.15, 0.2) is 0 Å². The number of rotatable bonds is 4. The minimum absolute atomic E-state index is 0.0933. The maximum Gasteiger partial charge on any atom is 0.243 e. The fourth-order valence-electron chi connectivity index (χ4n) is 2.64. The van der Waals surface area contributed by atoms with Crippen LogP contribution < -0.4 is 15.4 Å². The van der Waals surface area contributed by atoms with Crippen LogP contribution in [0.1, 0.15) is 0 Å².